The molecule has 0 saturated carbocycles. The molecule has 3 nitrogen and oxygen atoms in total. The van der Waals surface area contributed by atoms with Crippen molar-refractivity contribution in [2.24, 2.45) is 5.92 Å². The van der Waals surface area contributed by atoms with Crippen molar-refractivity contribution in [3.05, 3.63) is 35.4 Å². The molecule has 98 valence electrons. The van der Waals surface area contributed by atoms with Gasteiger partial charge in [0, 0.05) is 5.56 Å². The largest absolute Gasteiger partial charge is 0.376 e. The van der Waals surface area contributed by atoms with E-state index in [1.807, 2.05) is 24.3 Å². The molecule has 2 rings (SSSR count). The van der Waals surface area contributed by atoms with E-state index in [4.69, 9.17) is 9.47 Å². The van der Waals surface area contributed by atoms with Gasteiger partial charge in [0.05, 0.1) is 19.8 Å². The highest BCUT2D eigenvalue weighted by atomic mass is 16.6. The van der Waals surface area contributed by atoms with Crippen molar-refractivity contribution in [1.29, 1.82) is 0 Å². The van der Waals surface area contributed by atoms with Gasteiger partial charge in [-0.15, -0.1) is 0 Å². The Hall–Kier alpha value is -1.19. The third-order valence-electron chi connectivity index (χ3n) is 2.99. The van der Waals surface area contributed by atoms with Crippen LogP contribution in [0.15, 0.2) is 24.3 Å². The molecule has 0 N–H and O–H groups in total. The van der Waals surface area contributed by atoms with E-state index >= 15 is 0 Å². The molecule has 0 amide bonds. The SMILES string of the molecule is CC(C)Cc1ccc(C(=O)C2COCCO2)cc1. The quantitative estimate of drug-likeness (QED) is 0.768. The summed E-state index contributed by atoms with van der Waals surface area (Å²) in [5.41, 5.74) is 1.97. The number of ketones is 1. The molecule has 1 aliphatic heterocycles. The second-order valence-corrected chi connectivity index (χ2v) is 5.09. The predicted molar refractivity (Wildman–Crippen MR) is 69.9 cm³/mol. The van der Waals surface area contributed by atoms with Crippen LogP contribution in [-0.2, 0) is 15.9 Å². The van der Waals surface area contributed by atoms with E-state index in [1.54, 1.807) is 0 Å². The lowest BCUT2D eigenvalue weighted by molar-refractivity contribution is -0.0719. The van der Waals surface area contributed by atoms with E-state index in [2.05, 4.69) is 13.8 Å². The normalized spacial score (nSPS) is 20.1. The molecule has 0 bridgehead atoms. The van der Waals surface area contributed by atoms with Crippen LogP contribution in [0.4, 0.5) is 0 Å². The highest BCUT2D eigenvalue weighted by molar-refractivity contribution is 5.99. The average molecular weight is 248 g/mol. The summed E-state index contributed by atoms with van der Waals surface area (Å²) in [5.74, 6) is 0.646. The molecule has 1 aromatic rings. The van der Waals surface area contributed by atoms with Crippen molar-refractivity contribution in [3.63, 3.8) is 0 Å². The fourth-order valence-corrected chi connectivity index (χ4v) is 2.10. The van der Waals surface area contributed by atoms with Crippen molar-refractivity contribution in [2.75, 3.05) is 19.8 Å². The first kappa shape index (κ1) is 13.2. The van der Waals surface area contributed by atoms with E-state index in [0.717, 1.165) is 6.42 Å². The summed E-state index contributed by atoms with van der Waals surface area (Å²) >= 11 is 0. The molecular weight excluding hydrogens is 228 g/mol. The van der Waals surface area contributed by atoms with E-state index in [1.165, 1.54) is 5.56 Å². The fourth-order valence-electron chi connectivity index (χ4n) is 2.10. The number of benzene rings is 1. The number of hydrogen-bond acceptors (Lipinski definition) is 3. The first-order valence-corrected chi connectivity index (χ1v) is 6.49. The standard InChI is InChI=1S/C15H20O3/c1-11(2)9-12-3-5-13(6-4-12)15(16)14-10-17-7-8-18-14/h3-6,11,14H,7-10H2,1-2H3. The lowest BCUT2D eigenvalue weighted by Gasteiger charge is -2.21. The predicted octanol–water partition coefficient (Wildman–Crippen LogP) is 2.48. The number of ether oxygens (including phenoxy) is 2. The van der Waals surface area contributed by atoms with Crippen LogP contribution in [0.1, 0.15) is 29.8 Å². The second-order valence-electron chi connectivity index (χ2n) is 5.09. The highest BCUT2D eigenvalue weighted by Crippen LogP contribution is 2.13. The van der Waals surface area contributed by atoms with Gasteiger partial charge >= 0.3 is 0 Å². The van der Waals surface area contributed by atoms with Crippen molar-refractivity contribution in [1.82, 2.24) is 0 Å². The molecule has 0 aromatic heterocycles. The van der Waals surface area contributed by atoms with E-state index in [-0.39, 0.29) is 5.78 Å². The van der Waals surface area contributed by atoms with Gasteiger partial charge in [-0.2, -0.15) is 0 Å². The van der Waals surface area contributed by atoms with Crippen LogP contribution < -0.4 is 0 Å². The monoisotopic (exact) mass is 248 g/mol. The molecule has 18 heavy (non-hydrogen) atoms. The molecule has 1 fully saturated rings. The van der Waals surface area contributed by atoms with E-state index < -0.39 is 6.10 Å². The lowest BCUT2D eigenvalue weighted by Crippen LogP contribution is -2.35. The first-order valence-electron chi connectivity index (χ1n) is 6.49. The highest BCUT2D eigenvalue weighted by Gasteiger charge is 2.23. The smallest absolute Gasteiger partial charge is 0.193 e. The Labute approximate surface area is 108 Å². The van der Waals surface area contributed by atoms with Crippen LogP contribution in [0.5, 0.6) is 0 Å². The van der Waals surface area contributed by atoms with Crippen molar-refractivity contribution >= 4 is 5.78 Å². The van der Waals surface area contributed by atoms with E-state index in [0.29, 0.717) is 31.3 Å². The molecule has 0 aliphatic carbocycles. The number of hydrogen-bond donors (Lipinski definition) is 0. The maximum absolute atomic E-state index is 12.1. The maximum Gasteiger partial charge on any atom is 0.193 e. The van der Waals surface area contributed by atoms with Gasteiger partial charge in [-0.3, -0.25) is 4.79 Å². The summed E-state index contributed by atoms with van der Waals surface area (Å²) in [6, 6.07) is 7.82. The van der Waals surface area contributed by atoms with Gasteiger partial charge in [0.15, 0.2) is 5.78 Å². The molecule has 1 aliphatic rings. The molecule has 1 heterocycles. The number of rotatable bonds is 4. The Kier molecular flexibility index (Phi) is 4.50. The van der Waals surface area contributed by atoms with Crippen LogP contribution in [0.2, 0.25) is 0 Å². The molecule has 1 saturated heterocycles. The Balaban J connectivity index is 2.02. The summed E-state index contributed by atoms with van der Waals surface area (Å²) in [6.07, 6.45) is 0.604. The molecule has 1 unspecified atom stereocenters. The molecule has 0 spiro atoms. The molecule has 1 atom stereocenters. The van der Waals surface area contributed by atoms with Crippen LogP contribution in [-0.4, -0.2) is 31.7 Å². The fraction of sp³-hybridized carbons (Fsp3) is 0.533. The molecule has 3 heteroatoms. The number of carbonyl (C=O) groups is 1. The Morgan fingerprint density at radius 3 is 2.56 bits per heavy atom. The van der Waals surface area contributed by atoms with Crippen LogP contribution in [0.25, 0.3) is 0 Å². The van der Waals surface area contributed by atoms with Gasteiger partial charge in [-0.1, -0.05) is 38.1 Å². The number of carbonyl (C=O) groups excluding carboxylic acids is 1. The van der Waals surface area contributed by atoms with Crippen LogP contribution >= 0.6 is 0 Å². The third-order valence-corrected chi connectivity index (χ3v) is 2.99. The lowest BCUT2D eigenvalue weighted by atomic mass is 9.99. The summed E-state index contributed by atoms with van der Waals surface area (Å²) in [4.78, 5) is 12.1. The minimum atomic E-state index is -0.435. The summed E-state index contributed by atoms with van der Waals surface area (Å²) in [6.45, 7) is 5.82. The van der Waals surface area contributed by atoms with E-state index in [9.17, 15) is 4.79 Å². The van der Waals surface area contributed by atoms with Crippen LogP contribution in [0, 0.1) is 5.92 Å². The number of Topliss-reactive ketones (excluding diaryl/α,β-unsaturated/α-hetero) is 1. The Morgan fingerprint density at radius 1 is 1.28 bits per heavy atom. The Morgan fingerprint density at radius 2 is 2.00 bits per heavy atom. The molecule has 1 aromatic carbocycles. The summed E-state index contributed by atoms with van der Waals surface area (Å²) in [7, 11) is 0. The molecular formula is C15H20O3. The van der Waals surface area contributed by atoms with Crippen molar-refractivity contribution in [2.45, 2.75) is 26.4 Å². The van der Waals surface area contributed by atoms with Gasteiger partial charge in [-0.25, -0.2) is 0 Å². The van der Waals surface area contributed by atoms with Crippen molar-refractivity contribution < 1.29 is 14.3 Å². The zero-order valence-corrected chi connectivity index (χ0v) is 11.0. The van der Waals surface area contributed by atoms with Gasteiger partial charge in [0.2, 0.25) is 0 Å². The summed E-state index contributed by atoms with van der Waals surface area (Å²) < 4.78 is 10.7. The van der Waals surface area contributed by atoms with Crippen LogP contribution in [0.3, 0.4) is 0 Å². The third kappa shape index (κ3) is 3.40. The average Bonchev–Trinajstić information content (AvgIpc) is 2.39. The van der Waals surface area contributed by atoms with Gasteiger partial charge in [0.1, 0.15) is 6.10 Å². The molecule has 0 radical (unpaired) electrons. The zero-order chi connectivity index (χ0) is 13.0. The first-order chi connectivity index (χ1) is 8.66. The topological polar surface area (TPSA) is 35.5 Å². The Bertz CT molecular complexity index is 389. The minimum Gasteiger partial charge on any atom is -0.376 e. The van der Waals surface area contributed by atoms with Crippen molar-refractivity contribution in [3.8, 4) is 0 Å². The van der Waals surface area contributed by atoms with Gasteiger partial charge in [-0.05, 0) is 17.9 Å². The van der Waals surface area contributed by atoms with Gasteiger partial charge in [0.25, 0.3) is 0 Å². The second kappa shape index (κ2) is 6.12. The maximum atomic E-state index is 12.1. The minimum absolute atomic E-state index is 0.0193. The zero-order valence-electron chi connectivity index (χ0n) is 11.0. The summed E-state index contributed by atoms with van der Waals surface area (Å²) in [5, 5.41) is 0. The van der Waals surface area contributed by atoms with Gasteiger partial charge < -0.3 is 9.47 Å².